The van der Waals surface area contributed by atoms with Gasteiger partial charge in [-0.25, -0.2) is 4.39 Å². The largest absolute Gasteiger partial charge is 0.492 e. The Labute approximate surface area is 250 Å². The molecular formula is C34H37BrFN3O2. The first-order valence-corrected chi connectivity index (χ1v) is 15.4. The molecule has 3 aliphatic rings. The molecule has 2 unspecified atom stereocenters. The van der Waals surface area contributed by atoms with Gasteiger partial charge in [0.05, 0.1) is 22.7 Å². The highest BCUT2D eigenvalue weighted by Gasteiger charge is 2.44. The number of hydrogen-bond acceptors (Lipinski definition) is 4. The topological polar surface area (TPSA) is 53.6 Å². The van der Waals surface area contributed by atoms with E-state index in [-0.39, 0.29) is 23.3 Å². The molecule has 214 valence electrons. The summed E-state index contributed by atoms with van der Waals surface area (Å²) in [6.45, 7) is 4.89. The molecule has 1 saturated carbocycles. The van der Waals surface area contributed by atoms with Crippen LogP contribution in [0.15, 0.2) is 82.9 Å². The maximum absolute atomic E-state index is 13.9. The molecule has 0 radical (unpaired) electrons. The molecule has 1 amide bonds. The summed E-state index contributed by atoms with van der Waals surface area (Å²) in [6, 6.07) is 22.0. The van der Waals surface area contributed by atoms with Crippen LogP contribution >= 0.6 is 15.9 Å². The van der Waals surface area contributed by atoms with Crippen molar-refractivity contribution in [2.75, 3.05) is 19.7 Å². The van der Waals surface area contributed by atoms with E-state index in [0.717, 1.165) is 55.2 Å². The molecular weight excluding hydrogens is 581 g/mol. The van der Waals surface area contributed by atoms with Gasteiger partial charge in [0.2, 0.25) is 0 Å². The summed E-state index contributed by atoms with van der Waals surface area (Å²) in [7, 11) is 0. The fourth-order valence-corrected chi connectivity index (χ4v) is 6.44. The van der Waals surface area contributed by atoms with Crippen molar-refractivity contribution in [3.8, 4) is 5.75 Å². The summed E-state index contributed by atoms with van der Waals surface area (Å²) >= 11 is 3.41. The van der Waals surface area contributed by atoms with E-state index in [2.05, 4.69) is 93.0 Å². The summed E-state index contributed by atoms with van der Waals surface area (Å²) in [4.78, 5) is 16.0. The first-order chi connectivity index (χ1) is 19.9. The Balaban J connectivity index is 1.10. The van der Waals surface area contributed by atoms with Crippen molar-refractivity contribution in [1.29, 1.82) is 0 Å². The Bertz CT molecular complexity index is 1440. The van der Waals surface area contributed by atoms with Crippen LogP contribution in [-0.2, 0) is 23.3 Å². The third kappa shape index (κ3) is 6.27. The summed E-state index contributed by atoms with van der Waals surface area (Å²) in [5.74, 6) is 0.402. The molecule has 2 fully saturated rings. The average molecular weight is 619 g/mol. The lowest BCUT2D eigenvalue weighted by molar-refractivity contribution is -0.129. The summed E-state index contributed by atoms with van der Waals surface area (Å²) in [5.41, 5.74) is 5.61. The van der Waals surface area contributed by atoms with Crippen molar-refractivity contribution in [2.45, 2.75) is 63.2 Å². The number of halogens is 2. The number of fused-ring (bicyclic) bond motifs is 2. The lowest BCUT2D eigenvalue weighted by Gasteiger charge is -2.47. The predicted molar refractivity (Wildman–Crippen MR) is 163 cm³/mol. The molecule has 3 aromatic carbocycles. The molecule has 2 heterocycles. The second kappa shape index (κ2) is 12.1. The van der Waals surface area contributed by atoms with Crippen LogP contribution < -0.4 is 15.4 Å². The number of carbonyl (C=O) groups excluding carboxylic acids is 1. The monoisotopic (exact) mass is 617 g/mol. The van der Waals surface area contributed by atoms with Gasteiger partial charge in [-0.2, -0.15) is 0 Å². The van der Waals surface area contributed by atoms with Crippen molar-refractivity contribution in [3.63, 3.8) is 0 Å². The van der Waals surface area contributed by atoms with Crippen LogP contribution in [0.3, 0.4) is 0 Å². The van der Waals surface area contributed by atoms with Crippen molar-refractivity contribution < 1.29 is 13.9 Å². The summed E-state index contributed by atoms with van der Waals surface area (Å²) in [5, 5.41) is 7.48. The molecule has 41 heavy (non-hydrogen) atoms. The summed E-state index contributed by atoms with van der Waals surface area (Å²) < 4.78 is 20.0. The van der Waals surface area contributed by atoms with Gasteiger partial charge in [0.1, 0.15) is 11.6 Å². The van der Waals surface area contributed by atoms with E-state index in [9.17, 15) is 9.18 Å². The molecule has 2 bridgehead atoms. The van der Waals surface area contributed by atoms with Crippen LogP contribution in [-0.4, -0.2) is 42.6 Å². The maximum atomic E-state index is 13.9. The van der Waals surface area contributed by atoms with E-state index in [1.54, 1.807) is 6.07 Å². The van der Waals surface area contributed by atoms with Crippen molar-refractivity contribution >= 4 is 21.8 Å². The number of benzene rings is 3. The van der Waals surface area contributed by atoms with Crippen LogP contribution in [0.25, 0.3) is 0 Å². The number of carbonyl (C=O) groups is 1. The van der Waals surface area contributed by atoms with Gasteiger partial charge < -0.3 is 15.0 Å². The molecule has 7 heteroatoms. The number of nitrogens with one attached hydrogen (secondary N) is 2. The Morgan fingerprint density at radius 2 is 1.93 bits per heavy atom. The molecule has 5 nitrogen and oxygen atoms in total. The van der Waals surface area contributed by atoms with Crippen LogP contribution in [0.4, 0.5) is 4.39 Å². The van der Waals surface area contributed by atoms with Crippen LogP contribution in [0.2, 0.25) is 0 Å². The lowest BCUT2D eigenvalue weighted by atomic mass is 9.78. The molecule has 2 aliphatic heterocycles. The highest BCUT2D eigenvalue weighted by atomic mass is 79.9. The maximum Gasteiger partial charge on any atom is 0.251 e. The van der Waals surface area contributed by atoms with Gasteiger partial charge in [-0.3, -0.25) is 10.1 Å². The van der Waals surface area contributed by atoms with Gasteiger partial charge in [0, 0.05) is 37.3 Å². The summed E-state index contributed by atoms with van der Waals surface area (Å²) in [6.07, 6.45) is 6.87. The standard InChI is InChI=1S/C34H37BrFN3O2/c1-23-5-2-3-7-25(23)21-39(28-13-14-28)33(40)29-16-17-34(22-37-20-31(29)38-34)26-10-8-24(9-11-26)6-4-18-41-32-19-27(36)12-15-30(32)35/h2-3,5,7-12,15-16,19,28,31,37-38H,4,6,13-14,17-18,20-22H2,1H3. The van der Waals surface area contributed by atoms with E-state index < -0.39 is 0 Å². The van der Waals surface area contributed by atoms with Gasteiger partial charge in [-0.1, -0.05) is 54.6 Å². The second-order valence-corrected chi connectivity index (χ2v) is 12.4. The number of ether oxygens (including phenoxy) is 1. The molecule has 6 rings (SSSR count). The fraction of sp³-hybridized carbons (Fsp3) is 0.382. The van der Waals surface area contributed by atoms with E-state index in [1.165, 1.54) is 34.4 Å². The predicted octanol–water partition coefficient (Wildman–Crippen LogP) is 6.19. The third-order valence-corrected chi connectivity index (χ3v) is 9.29. The molecule has 2 N–H and O–H groups in total. The molecule has 1 aliphatic carbocycles. The Kier molecular flexibility index (Phi) is 8.29. The smallest absolute Gasteiger partial charge is 0.251 e. The molecule has 2 atom stereocenters. The second-order valence-electron chi connectivity index (χ2n) is 11.6. The van der Waals surface area contributed by atoms with Crippen LogP contribution in [0, 0.1) is 12.7 Å². The Hall–Kier alpha value is -3.00. The zero-order valence-corrected chi connectivity index (χ0v) is 25.1. The van der Waals surface area contributed by atoms with E-state index in [0.29, 0.717) is 24.9 Å². The molecule has 0 aromatic heterocycles. The number of amides is 1. The van der Waals surface area contributed by atoms with Crippen molar-refractivity contribution in [3.05, 3.63) is 111 Å². The van der Waals surface area contributed by atoms with Crippen LogP contribution in [0.5, 0.6) is 5.75 Å². The first kappa shape index (κ1) is 28.1. The Morgan fingerprint density at radius 1 is 1.12 bits per heavy atom. The Morgan fingerprint density at radius 3 is 2.71 bits per heavy atom. The first-order valence-electron chi connectivity index (χ1n) is 14.6. The van der Waals surface area contributed by atoms with E-state index in [1.807, 2.05) is 0 Å². The average Bonchev–Trinajstić information content (AvgIpc) is 3.82. The molecule has 0 spiro atoms. The van der Waals surface area contributed by atoms with Gasteiger partial charge >= 0.3 is 0 Å². The third-order valence-electron chi connectivity index (χ3n) is 8.64. The highest BCUT2D eigenvalue weighted by molar-refractivity contribution is 9.10. The van der Waals surface area contributed by atoms with Gasteiger partial charge in [-0.05, 0) is 89.3 Å². The fourth-order valence-electron chi connectivity index (χ4n) is 6.08. The normalized spacial score (nSPS) is 21.7. The molecule has 1 saturated heterocycles. The van der Waals surface area contributed by atoms with Gasteiger partial charge in [0.25, 0.3) is 5.91 Å². The van der Waals surface area contributed by atoms with Gasteiger partial charge in [-0.15, -0.1) is 0 Å². The highest BCUT2D eigenvalue weighted by Crippen LogP contribution is 2.36. The zero-order valence-electron chi connectivity index (χ0n) is 23.5. The number of piperazine rings is 1. The minimum atomic E-state index is -0.303. The number of hydrogen-bond donors (Lipinski definition) is 2. The SMILES string of the molecule is Cc1ccccc1CN(C(=O)C1=CCC2(c3ccc(CCCOc4cc(F)ccc4Br)cc3)CNCC1N2)C1CC1. The van der Waals surface area contributed by atoms with Gasteiger partial charge in [0.15, 0.2) is 0 Å². The number of nitrogens with zero attached hydrogens (tertiary/aromatic N) is 1. The number of rotatable bonds is 10. The van der Waals surface area contributed by atoms with Crippen molar-refractivity contribution in [1.82, 2.24) is 15.5 Å². The van der Waals surface area contributed by atoms with E-state index in [4.69, 9.17) is 4.74 Å². The zero-order chi connectivity index (χ0) is 28.4. The van der Waals surface area contributed by atoms with Crippen LogP contribution in [0.1, 0.15) is 47.9 Å². The lowest BCUT2D eigenvalue weighted by Crippen LogP contribution is -2.65. The molecule has 3 aromatic rings. The van der Waals surface area contributed by atoms with E-state index >= 15 is 0 Å². The minimum Gasteiger partial charge on any atom is -0.492 e. The quantitative estimate of drug-likeness (QED) is 0.267. The minimum absolute atomic E-state index is 0.0120. The van der Waals surface area contributed by atoms with Crippen molar-refractivity contribution in [2.24, 2.45) is 0 Å². The number of aryl methyl sites for hydroxylation is 2.